The second-order valence-corrected chi connectivity index (χ2v) is 9.02. The van der Waals surface area contributed by atoms with Crippen molar-refractivity contribution in [3.63, 3.8) is 0 Å². The molecule has 0 atom stereocenters. The molecular formula is C22H17NO2S2. The lowest BCUT2D eigenvalue weighted by Crippen LogP contribution is -2.19. The van der Waals surface area contributed by atoms with Gasteiger partial charge in [-0.05, 0) is 28.3 Å². The van der Waals surface area contributed by atoms with Gasteiger partial charge in [0.15, 0.2) is 0 Å². The van der Waals surface area contributed by atoms with Crippen LogP contribution in [-0.4, -0.2) is 12.1 Å². The molecule has 0 fully saturated rings. The lowest BCUT2D eigenvalue weighted by Gasteiger charge is -2.20. The summed E-state index contributed by atoms with van der Waals surface area (Å²) >= 11 is 1.16. The molecule has 4 aromatic rings. The van der Waals surface area contributed by atoms with Crippen molar-refractivity contribution < 1.29 is 8.42 Å². The number of rotatable bonds is 5. The highest BCUT2D eigenvalue weighted by molar-refractivity contribution is 8.08. The predicted octanol–water partition coefficient (Wildman–Crippen LogP) is 5.83. The van der Waals surface area contributed by atoms with Crippen LogP contribution in [0.15, 0.2) is 107 Å². The minimum atomic E-state index is -3.77. The van der Waals surface area contributed by atoms with E-state index < -0.39 is 10.0 Å². The third-order valence-corrected chi connectivity index (χ3v) is 7.58. The Kier molecular flexibility index (Phi) is 4.64. The molecule has 0 amide bonds. The molecule has 0 aliphatic rings. The SMILES string of the molecule is C=CN(Sc1cccc2ccccc12)S(=O)(=O)c1cccc2ccccc12. The van der Waals surface area contributed by atoms with Gasteiger partial charge in [0.25, 0.3) is 10.0 Å². The van der Waals surface area contributed by atoms with Crippen LogP contribution < -0.4 is 0 Å². The predicted molar refractivity (Wildman–Crippen MR) is 113 cm³/mol. The number of benzene rings is 4. The van der Waals surface area contributed by atoms with Crippen LogP contribution in [0.1, 0.15) is 0 Å². The molecule has 0 radical (unpaired) electrons. The van der Waals surface area contributed by atoms with Gasteiger partial charge in [0.2, 0.25) is 0 Å². The van der Waals surface area contributed by atoms with Gasteiger partial charge in [-0.2, -0.15) is 0 Å². The van der Waals surface area contributed by atoms with Crippen molar-refractivity contribution in [2.75, 3.05) is 0 Å². The van der Waals surface area contributed by atoms with E-state index in [1.165, 1.54) is 9.91 Å². The molecule has 0 saturated heterocycles. The van der Waals surface area contributed by atoms with Crippen molar-refractivity contribution in [1.82, 2.24) is 3.71 Å². The first-order chi connectivity index (χ1) is 13.1. The molecule has 0 spiro atoms. The van der Waals surface area contributed by atoms with Crippen molar-refractivity contribution in [2.24, 2.45) is 0 Å². The number of hydrogen-bond acceptors (Lipinski definition) is 3. The van der Waals surface area contributed by atoms with E-state index in [4.69, 9.17) is 0 Å². The smallest absolute Gasteiger partial charge is 0.211 e. The largest absolute Gasteiger partial charge is 0.274 e. The van der Waals surface area contributed by atoms with E-state index >= 15 is 0 Å². The molecule has 4 rings (SSSR count). The van der Waals surface area contributed by atoms with E-state index in [2.05, 4.69) is 6.58 Å². The quantitative estimate of drug-likeness (QED) is 0.401. The van der Waals surface area contributed by atoms with Crippen LogP contribution in [0.3, 0.4) is 0 Å². The molecule has 4 aromatic carbocycles. The van der Waals surface area contributed by atoms with E-state index in [1.807, 2.05) is 72.8 Å². The molecule has 0 aromatic heterocycles. The Bertz CT molecular complexity index is 1240. The lowest BCUT2D eigenvalue weighted by atomic mass is 10.1. The zero-order valence-corrected chi connectivity index (χ0v) is 16.1. The van der Waals surface area contributed by atoms with Crippen molar-refractivity contribution in [3.05, 3.63) is 97.7 Å². The monoisotopic (exact) mass is 391 g/mol. The van der Waals surface area contributed by atoms with Gasteiger partial charge in [0.1, 0.15) is 0 Å². The Balaban J connectivity index is 1.80. The highest BCUT2D eigenvalue weighted by Crippen LogP contribution is 2.36. The zero-order valence-electron chi connectivity index (χ0n) is 14.4. The molecular weight excluding hydrogens is 374 g/mol. The Morgan fingerprint density at radius 1 is 0.741 bits per heavy atom. The zero-order chi connectivity index (χ0) is 18.9. The molecule has 0 aliphatic heterocycles. The summed E-state index contributed by atoms with van der Waals surface area (Å²) in [6.07, 6.45) is 1.35. The van der Waals surface area contributed by atoms with Crippen LogP contribution >= 0.6 is 11.9 Å². The first kappa shape index (κ1) is 17.6. The van der Waals surface area contributed by atoms with Crippen LogP contribution in [0.4, 0.5) is 0 Å². The minimum Gasteiger partial charge on any atom is -0.211 e. The average molecular weight is 392 g/mol. The second-order valence-electron chi connectivity index (χ2n) is 5.99. The summed E-state index contributed by atoms with van der Waals surface area (Å²) in [7, 11) is -3.77. The first-order valence-corrected chi connectivity index (χ1v) is 10.6. The van der Waals surface area contributed by atoms with E-state index in [-0.39, 0.29) is 4.90 Å². The third-order valence-electron chi connectivity index (χ3n) is 4.35. The van der Waals surface area contributed by atoms with Gasteiger partial charge in [-0.25, -0.2) is 12.1 Å². The lowest BCUT2D eigenvalue weighted by molar-refractivity contribution is 0.573. The van der Waals surface area contributed by atoms with Crippen LogP contribution in [0.5, 0.6) is 0 Å². The van der Waals surface area contributed by atoms with Gasteiger partial charge in [-0.1, -0.05) is 79.4 Å². The maximum absolute atomic E-state index is 13.4. The normalized spacial score (nSPS) is 11.6. The summed E-state index contributed by atoms with van der Waals surface area (Å²) in [5.41, 5.74) is 0. The van der Waals surface area contributed by atoms with Gasteiger partial charge < -0.3 is 0 Å². The van der Waals surface area contributed by atoms with Crippen molar-refractivity contribution >= 4 is 43.5 Å². The summed E-state index contributed by atoms with van der Waals surface area (Å²) in [4.78, 5) is 1.13. The second kappa shape index (κ2) is 7.10. The highest BCUT2D eigenvalue weighted by atomic mass is 32.3. The van der Waals surface area contributed by atoms with Gasteiger partial charge in [-0.3, -0.25) is 0 Å². The molecule has 5 heteroatoms. The maximum atomic E-state index is 13.4. The standard InChI is InChI=1S/C22H17NO2S2/c1-2-23(26-21-15-7-11-17-9-3-5-13-19(17)21)27(24,25)22-16-8-12-18-10-4-6-14-20(18)22/h2-16H,1H2. The average Bonchev–Trinajstić information content (AvgIpc) is 2.71. The van der Waals surface area contributed by atoms with Crippen LogP contribution in [0.25, 0.3) is 21.5 Å². The fourth-order valence-corrected chi connectivity index (χ4v) is 5.75. The topological polar surface area (TPSA) is 37.4 Å². The number of nitrogens with zero attached hydrogens (tertiary/aromatic N) is 1. The Morgan fingerprint density at radius 3 is 2.00 bits per heavy atom. The summed E-state index contributed by atoms with van der Waals surface area (Å²) in [6, 6.07) is 26.6. The number of sulfonamides is 1. The molecule has 0 heterocycles. The molecule has 0 N–H and O–H groups in total. The third kappa shape index (κ3) is 3.20. The minimum absolute atomic E-state index is 0.272. The molecule has 0 aliphatic carbocycles. The van der Waals surface area contributed by atoms with Crippen molar-refractivity contribution in [1.29, 1.82) is 0 Å². The first-order valence-electron chi connectivity index (χ1n) is 8.42. The summed E-state index contributed by atoms with van der Waals surface area (Å²) < 4.78 is 27.9. The summed E-state index contributed by atoms with van der Waals surface area (Å²) in [6.45, 7) is 3.74. The van der Waals surface area contributed by atoms with Crippen LogP contribution in [0, 0.1) is 0 Å². The Morgan fingerprint density at radius 2 is 1.30 bits per heavy atom. The Labute approximate surface area is 163 Å². The maximum Gasteiger partial charge on any atom is 0.274 e. The molecule has 0 bridgehead atoms. The van der Waals surface area contributed by atoms with E-state index in [9.17, 15) is 8.42 Å². The van der Waals surface area contributed by atoms with Crippen LogP contribution in [-0.2, 0) is 10.0 Å². The summed E-state index contributed by atoms with van der Waals surface area (Å²) in [5, 5.41) is 3.65. The number of fused-ring (bicyclic) bond motifs is 2. The van der Waals surface area contributed by atoms with Gasteiger partial charge >= 0.3 is 0 Å². The van der Waals surface area contributed by atoms with Crippen LogP contribution in [0.2, 0.25) is 0 Å². The molecule has 134 valence electrons. The Hall–Kier alpha value is -2.76. The fraction of sp³-hybridized carbons (Fsp3) is 0. The van der Waals surface area contributed by atoms with Gasteiger partial charge in [0.05, 0.1) is 4.90 Å². The molecule has 0 unspecified atom stereocenters. The summed E-state index contributed by atoms with van der Waals surface area (Å²) in [5.74, 6) is 0. The number of hydrogen-bond donors (Lipinski definition) is 0. The van der Waals surface area contributed by atoms with E-state index in [1.54, 1.807) is 12.1 Å². The van der Waals surface area contributed by atoms with Gasteiger partial charge in [0, 0.05) is 28.4 Å². The highest BCUT2D eigenvalue weighted by Gasteiger charge is 2.25. The molecule has 3 nitrogen and oxygen atoms in total. The van der Waals surface area contributed by atoms with E-state index in [0.717, 1.165) is 33.0 Å². The van der Waals surface area contributed by atoms with Crippen molar-refractivity contribution in [2.45, 2.75) is 9.79 Å². The van der Waals surface area contributed by atoms with E-state index in [0.29, 0.717) is 5.39 Å². The van der Waals surface area contributed by atoms with Gasteiger partial charge in [-0.15, -0.1) is 0 Å². The molecule has 27 heavy (non-hydrogen) atoms. The fourth-order valence-electron chi connectivity index (χ4n) is 3.07. The molecule has 0 saturated carbocycles. The van der Waals surface area contributed by atoms with Crippen molar-refractivity contribution in [3.8, 4) is 0 Å².